The van der Waals surface area contributed by atoms with Crippen molar-refractivity contribution < 1.29 is 13.9 Å². The average Bonchev–Trinajstić information content (AvgIpc) is 2.50. The van der Waals surface area contributed by atoms with E-state index < -0.39 is 5.82 Å². The van der Waals surface area contributed by atoms with Crippen molar-refractivity contribution in [2.75, 3.05) is 14.2 Å². The lowest BCUT2D eigenvalue weighted by Gasteiger charge is -2.12. The maximum absolute atomic E-state index is 13.1. The maximum atomic E-state index is 13.1. The van der Waals surface area contributed by atoms with E-state index in [9.17, 15) is 4.39 Å². The third kappa shape index (κ3) is 4.03. The Morgan fingerprint density at radius 3 is 2.27 bits per heavy atom. The fourth-order valence-electron chi connectivity index (χ4n) is 2.07. The van der Waals surface area contributed by atoms with Crippen molar-refractivity contribution in [3.05, 3.63) is 57.3 Å². The van der Waals surface area contributed by atoms with E-state index in [1.165, 1.54) is 6.07 Å². The summed E-state index contributed by atoms with van der Waals surface area (Å²) in [5.74, 6) is 0.673. The fourth-order valence-corrected chi connectivity index (χ4v) is 2.59. The van der Waals surface area contributed by atoms with Crippen LogP contribution in [0.2, 0.25) is 10.0 Å². The predicted octanol–water partition coefficient (Wildman–Crippen LogP) is 4.44. The van der Waals surface area contributed by atoms with Crippen molar-refractivity contribution in [2.24, 2.45) is 0 Å². The van der Waals surface area contributed by atoms with E-state index >= 15 is 0 Å². The van der Waals surface area contributed by atoms with Crippen molar-refractivity contribution in [1.29, 1.82) is 0 Å². The monoisotopic (exact) mass is 343 g/mol. The SMILES string of the molecule is COc1cc(CNCc2ccc(F)c(Cl)c2)cc(Cl)c1OC. The van der Waals surface area contributed by atoms with Crippen LogP contribution in [0.15, 0.2) is 30.3 Å². The highest BCUT2D eigenvalue weighted by Crippen LogP contribution is 2.35. The zero-order valence-electron chi connectivity index (χ0n) is 12.3. The minimum Gasteiger partial charge on any atom is -0.493 e. The van der Waals surface area contributed by atoms with Crippen LogP contribution in [0.4, 0.5) is 4.39 Å². The topological polar surface area (TPSA) is 30.5 Å². The molecule has 0 amide bonds. The number of methoxy groups -OCH3 is 2. The molecule has 1 N–H and O–H groups in total. The summed E-state index contributed by atoms with van der Waals surface area (Å²) < 4.78 is 23.5. The Balaban J connectivity index is 2.02. The van der Waals surface area contributed by atoms with Gasteiger partial charge in [0.2, 0.25) is 0 Å². The molecule has 0 fully saturated rings. The molecule has 118 valence electrons. The number of hydrogen-bond donors (Lipinski definition) is 1. The van der Waals surface area contributed by atoms with Gasteiger partial charge in [-0.25, -0.2) is 4.39 Å². The third-order valence-electron chi connectivity index (χ3n) is 3.14. The second kappa shape index (κ2) is 7.68. The van der Waals surface area contributed by atoms with Crippen LogP contribution >= 0.6 is 23.2 Å². The smallest absolute Gasteiger partial charge is 0.179 e. The summed E-state index contributed by atoms with van der Waals surface area (Å²) in [4.78, 5) is 0. The van der Waals surface area contributed by atoms with Crippen LogP contribution in [-0.2, 0) is 13.1 Å². The summed E-state index contributed by atoms with van der Waals surface area (Å²) in [6, 6.07) is 8.32. The highest BCUT2D eigenvalue weighted by atomic mass is 35.5. The first-order valence-electron chi connectivity index (χ1n) is 6.60. The third-order valence-corrected chi connectivity index (χ3v) is 3.71. The molecule has 22 heavy (non-hydrogen) atoms. The molecule has 0 aliphatic carbocycles. The molecule has 3 nitrogen and oxygen atoms in total. The normalized spacial score (nSPS) is 10.6. The van der Waals surface area contributed by atoms with Gasteiger partial charge in [0.1, 0.15) is 5.82 Å². The Morgan fingerprint density at radius 2 is 1.64 bits per heavy atom. The molecule has 0 saturated carbocycles. The van der Waals surface area contributed by atoms with Crippen LogP contribution in [0, 0.1) is 5.82 Å². The molecule has 0 unspecified atom stereocenters. The van der Waals surface area contributed by atoms with Crippen LogP contribution in [0.3, 0.4) is 0 Å². The largest absolute Gasteiger partial charge is 0.493 e. The van der Waals surface area contributed by atoms with E-state index in [0.717, 1.165) is 11.1 Å². The molecular weight excluding hydrogens is 328 g/mol. The second-order valence-corrected chi connectivity index (χ2v) is 5.48. The van der Waals surface area contributed by atoms with Gasteiger partial charge < -0.3 is 14.8 Å². The minimum atomic E-state index is -0.419. The van der Waals surface area contributed by atoms with E-state index in [4.69, 9.17) is 32.7 Å². The maximum Gasteiger partial charge on any atom is 0.179 e. The number of hydrogen-bond acceptors (Lipinski definition) is 3. The molecule has 2 aromatic rings. The number of rotatable bonds is 6. The Hall–Kier alpha value is -1.49. The summed E-state index contributed by atoms with van der Waals surface area (Å²) in [5, 5.41) is 3.85. The van der Waals surface area contributed by atoms with Gasteiger partial charge in [-0.05, 0) is 35.4 Å². The molecule has 0 radical (unpaired) electrons. The number of benzene rings is 2. The highest BCUT2D eigenvalue weighted by molar-refractivity contribution is 6.32. The molecule has 0 aliphatic heterocycles. The van der Waals surface area contributed by atoms with Crippen LogP contribution in [0.5, 0.6) is 11.5 Å². The summed E-state index contributed by atoms with van der Waals surface area (Å²) in [6.45, 7) is 1.14. The number of ether oxygens (including phenoxy) is 2. The van der Waals surface area contributed by atoms with Gasteiger partial charge in [0.25, 0.3) is 0 Å². The lowest BCUT2D eigenvalue weighted by molar-refractivity contribution is 0.354. The standard InChI is InChI=1S/C16H16Cl2FNO2/c1-21-15-7-11(6-13(18)16(15)22-2)9-20-8-10-3-4-14(19)12(17)5-10/h3-7,20H,8-9H2,1-2H3. The Labute approximate surface area is 138 Å². The molecule has 0 atom stereocenters. The summed E-state index contributed by atoms with van der Waals surface area (Å²) >= 11 is 11.9. The minimum absolute atomic E-state index is 0.119. The highest BCUT2D eigenvalue weighted by Gasteiger charge is 2.10. The summed E-state index contributed by atoms with van der Waals surface area (Å²) in [7, 11) is 3.10. The van der Waals surface area contributed by atoms with Gasteiger partial charge in [-0.2, -0.15) is 0 Å². The lowest BCUT2D eigenvalue weighted by Crippen LogP contribution is -2.13. The Kier molecular flexibility index (Phi) is 5.89. The summed E-state index contributed by atoms with van der Waals surface area (Å²) in [6.07, 6.45) is 0. The predicted molar refractivity (Wildman–Crippen MR) is 86.5 cm³/mol. The van der Waals surface area contributed by atoms with Gasteiger partial charge in [0.15, 0.2) is 11.5 Å². The Morgan fingerprint density at radius 1 is 0.955 bits per heavy atom. The Bertz CT molecular complexity index is 665. The fraction of sp³-hybridized carbons (Fsp3) is 0.250. The molecule has 2 rings (SSSR count). The van der Waals surface area contributed by atoms with Gasteiger partial charge in [0.05, 0.1) is 24.3 Å². The van der Waals surface area contributed by atoms with Crippen LogP contribution in [-0.4, -0.2) is 14.2 Å². The summed E-state index contributed by atoms with van der Waals surface area (Å²) in [5.41, 5.74) is 1.86. The van der Waals surface area contributed by atoms with Crippen molar-refractivity contribution in [3.8, 4) is 11.5 Å². The van der Waals surface area contributed by atoms with E-state index in [2.05, 4.69) is 5.32 Å². The second-order valence-electron chi connectivity index (χ2n) is 4.67. The first kappa shape index (κ1) is 16.9. The van der Waals surface area contributed by atoms with Crippen molar-refractivity contribution in [1.82, 2.24) is 5.32 Å². The van der Waals surface area contributed by atoms with Crippen LogP contribution in [0.25, 0.3) is 0 Å². The van der Waals surface area contributed by atoms with Crippen LogP contribution < -0.4 is 14.8 Å². The molecule has 0 aliphatic rings. The zero-order valence-corrected chi connectivity index (χ0v) is 13.8. The van der Waals surface area contributed by atoms with Crippen LogP contribution in [0.1, 0.15) is 11.1 Å². The van der Waals surface area contributed by atoms with E-state index in [1.807, 2.05) is 12.1 Å². The quantitative estimate of drug-likeness (QED) is 0.840. The van der Waals surface area contributed by atoms with Gasteiger partial charge in [-0.3, -0.25) is 0 Å². The molecule has 0 heterocycles. The molecule has 0 aromatic heterocycles. The molecule has 2 aromatic carbocycles. The number of halogens is 3. The first-order chi connectivity index (χ1) is 10.5. The van der Waals surface area contributed by atoms with Gasteiger partial charge in [-0.15, -0.1) is 0 Å². The van der Waals surface area contributed by atoms with Gasteiger partial charge in [0, 0.05) is 13.1 Å². The van der Waals surface area contributed by atoms with E-state index in [0.29, 0.717) is 29.6 Å². The van der Waals surface area contributed by atoms with E-state index in [-0.39, 0.29) is 5.02 Å². The van der Waals surface area contributed by atoms with Crippen molar-refractivity contribution in [2.45, 2.75) is 13.1 Å². The molecule has 6 heteroatoms. The molecular formula is C16H16Cl2FNO2. The van der Waals surface area contributed by atoms with E-state index in [1.54, 1.807) is 26.4 Å². The van der Waals surface area contributed by atoms with Gasteiger partial charge in [-0.1, -0.05) is 29.3 Å². The average molecular weight is 344 g/mol. The van der Waals surface area contributed by atoms with Crippen molar-refractivity contribution in [3.63, 3.8) is 0 Å². The lowest BCUT2D eigenvalue weighted by atomic mass is 10.2. The molecule has 0 spiro atoms. The zero-order chi connectivity index (χ0) is 16.1. The first-order valence-corrected chi connectivity index (χ1v) is 7.35. The van der Waals surface area contributed by atoms with Gasteiger partial charge >= 0.3 is 0 Å². The van der Waals surface area contributed by atoms with Crippen molar-refractivity contribution >= 4 is 23.2 Å². The molecule has 0 saturated heterocycles. The molecule has 0 bridgehead atoms. The number of nitrogens with one attached hydrogen (secondary N) is 1.